The fraction of sp³-hybridized carbons (Fsp3) is 0.273. The van der Waals surface area contributed by atoms with Crippen LogP contribution in [0.1, 0.15) is 6.42 Å². The molecule has 0 amide bonds. The number of nitrogens with two attached hydrogens (primary N) is 1. The Morgan fingerprint density at radius 3 is 2.64 bits per heavy atom. The maximum atomic E-state index is 13.5. The Morgan fingerprint density at radius 2 is 1.88 bits per heavy atom. The highest BCUT2D eigenvalue weighted by Crippen LogP contribution is 2.38. The fourth-order valence-electron chi connectivity index (χ4n) is 4.16. The molecule has 33 heavy (non-hydrogen) atoms. The monoisotopic (exact) mass is 471 g/mol. The molecule has 11 heteroatoms. The van der Waals surface area contributed by atoms with Crippen molar-refractivity contribution in [2.75, 3.05) is 26.4 Å². The van der Waals surface area contributed by atoms with Crippen LogP contribution in [0.4, 0.5) is 5.69 Å². The third-order valence-corrected chi connectivity index (χ3v) is 5.64. The molecule has 0 saturated carbocycles. The molecule has 4 aromatic rings. The molecule has 0 saturated heterocycles. The fourth-order valence-corrected chi connectivity index (χ4v) is 4.16. The van der Waals surface area contributed by atoms with Crippen LogP contribution < -0.4 is 26.1 Å². The van der Waals surface area contributed by atoms with Gasteiger partial charge in [-0.15, -0.1) is 12.4 Å². The van der Waals surface area contributed by atoms with Gasteiger partial charge in [-0.1, -0.05) is 0 Å². The van der Waals surface area contributed by atoms with Crippen LogP contribution in [0.3, 0.4) is 0 Å². The van der Waals surface area contributed by atoms with E-state index >= 15 is 0 Å². The number of fused-ring (bicyclic) bond motifs is 6. The molecule has 0 spiro atoms. The van der Waals surface area contributed by atoms with Crippen LogP contribution in [0.15, 0.2) is 41.3 Å². The first-order chi connectivity index (χ1) is 15.6. The molecule has 2 aromatic heterocycles. The van der Waals surface area contributed by atoms with Crippen LogP contribution in [0.2, 0.25) is 0 Å². The van der Waals surface area contributed by atoms with Gasteiger partial charge in [0, 0.05) is 54.8 Å². The molecule has 172 valence electrons. The molecule has 1 aliphatic heterocycles. The Bertz CT molecular complexity index is 1440. The number of aryl methyl sites for hydroxylation is 1. The molecular formula is C22H22ClN5O5. The van der Waals surface area contributed by atoms with Crippen LogP contribution in [0, 0.1) is 10.1 Å². The van der Waals surface area contributed by atoms with Gasteiger partial charge in [0.1, 0.15) is 0 Å². The minimum absolute atomic E-state index is 0. The predicted octanol–water partition coefficient (Wildman–Crippen LogP) is 2.70. The number of nitrogens with one attached hydrogen (secondary N) is 1. The third-order valence-electron chi connectivity index (χ3n) is 5.64. The van der Waals surface area contributed by atoms with Crippen molar-refractivity contribution in [3.8, 4) is 11.5 Å². The van der Waals surface area contributed by atoms with Crippen molar-refractivity contribution in [1.82, 2.24) is 14.9 Å². The molecular weight excluding hydrogens is 450 g/mol. The lowest BCUT2D eigenvalue weighted by Gasteiger charge is -2.15. The summed E-state index contributed by atoms with van der Waals surface area (Å²) >= 11 is 0. The minimum atomic E-state index is -0.497. The molecule has 0 unspecified atom stereocenters. The summed E-state index contributed by atoms with van der Waals surface area (Å²) in [6.07, 6.45) is 2.39. The maximum Gasteiger partial charge on any atom is 0.270 e. The average molecular weight is 472 g/mol. The summed E-state index contributed by atoms with van der Waals surface area (Å²) in [5.74, 6) is 1.21. The third kappa shape index (κ3) is 3.92. The molecule has 0 radical (unpaired) electrons. The van der Waals surface area contributed by atoms with E-state index < -0.39 is 4.92 Å². The Hall–Kier alpha value is -3.47. The standard InChI is InChI=1S/C22H21N5O5.ClH/c23-4-6-24-5-1-7-26-21-16-9-19-20(32-12-31-19)10-18(16)25-11-17(21)14-3-2-13(27(29)30)8-15(14)22(26)28;/h2-3,8-11,24H,1,4-7,12,23H2;1H. The number of nitro groups is 1. The number of nitrogens with zero attached hydrogens (tertiary/aromatic N) is 3. The normalized spacial score (nSPS) is 12.4. The smallest absolute Gasteiger partial charge is 0.270 e. The van der Waals surface area contributed by atoms with Crippen LogP contribution >= 0.6 is 12.4 Å². The van der Waals surface area contributed by atoms with Gasteiger partial charge in [0.2, 0.25) is 6.79 Å². The Morgan fingerprint density at radius 1 is 1.09 bits per heavy atom. The van der Waals surface area contributed by atoms with Gasteiger partial charge in [0.25, 0.3) is 11.2 Å². The van der Waals surface area contributed by atoms with Crippen molar-refractivity contribution < 1.29 is 14.4 Å². The maximum absolute atomic E-state index is 13.5. The number of benzene rings is 2. The second kappa shape index (κ2) is 9.18. The van der Waals surface area contributed by atoms with E-state index in [0.29, 0.717) is 60.4 Å². The lowest BCUT2D eigenvalue weighted by atomic mass is 10.0. The lowest BCUT2D eigenvalue weighted by Crippen LogP contribution is -2.26. The zero-order valence-electron chi connectivity index (χ0n) is 17.6. The molecule has 5 rings (SSSR count). The zero-order chi connectivity index (χ0) is 22.2. The van der Waals surface area contributed by atoms with Gasteiger partial charge in [0.05, 0.1) is 21.3 Å². The highest BCUT2D eigenvalue weighted by molar-refractivity contribution is 6.14. The second-order valence-corrected chi connectivity index (χ2v) is 7.58. The first-order valence-electron chi connectivity index (χ1n) is 10.3. The number of non-ortho nitro benzene ring substituents is 1. The van der Waals surface area contributed by atoms with E-state index in [-0.39, 0.29) is 30.4 Å². The van der Waals surface area contributed by atoms with E-state index in [4.69, 9.17) is 15.2 Å². The van der Waals surface area contributed by atoms with E-state index in [1.165, 1.54) is 12.1 Å². The van der Waals surface area contributed by atoms with Crippen LogP contribution in [-0.2, 0) is 6.54 Å². The quantitative estimate of drug-likeness (QED) is 0.182. The van der Waals surface area contributed by atoms with Crippen molar-refractivity contribution in [3.05, 3.63) is 57.0 Å². The minimum Gasteiger partial charge on any atom is -0.454 e. The number of halogens is 1. The van der Waals surface area contributed by atoms with Gasteiger partial charge in [-0.05, 0) is 30.5 Å². The van der Waals surface area contributed by atoms with Crippen LogP contribution in [-0.4, -0.2) is 40.9 Å². The molecule has 10 nitrogen and oxygen atoms in total. The summed E-state index contributed by atoms with van der Waals surface area (Å²) < 4.78 is 12.7. The number of aromatic nitrogens is 2. The van der Waals surface area contributed by atoms with Crippen LogP contribution in [0.5, 0.6) is 11.5 Å². The Kier molecular flexibility index (Phi) is 6.32. The average Bonchev–Trinajstić information content (AvgIpc) is 3.26. The SMILES string of the molecule is Cl.NCCNCCCn1c(=O)c2cc([N+](=O)[O-])ccc2c2cnc3cc4c(cc3c21)OCO4. The van der Waals surface area contributed by atoms with E-state index in [2.05, 4.69) is 10.3 Å². The first kappa shape index (κ1) is 22.7. The molecule has 3 heterocycles. The summed E-state index contributed by atoms with van der Waals surface area (Å²) in [6, 6.07) is 8.00. The molecule has 0 aliphatic carbocycles. The van der Waals surface area contributed by atoms with Gasteiger partial charge >= 0.3 is 0 Å². The van der Waals surface area contributed by atoms with Gasteiger partial charge in [0.15, 0.2) is 11.5 Å². The topological polar surface area (TPSA) is 135 Å². The molecule has 2 aromatic carbocycles. The summed E-state index contributed by atoms with van der Waals surface area (Å²) in [4.78, 5) is 28.9. The Balaban J connectivity index is 0.00000259. The number of hydrogen-bond donors (Lipinski definition) is 2. The van der Waals surface area contributed by atoms with E-state index in [1.807, 2.05) is 6.07 Å². The molecule has 0 atom stereocenters. The van der Waals surface area contributed by atoms with Crippen molar-refractivity contribution in [3.63, 3.8) is 0 Å². The van der Waals surface area contributed by atoms with Gasteiger partial charge in [-0.3, -0.25) is 19.9 Å². The second-order valence-electron chi connectivity index (χ2n) is 7.58. The predicted molar refractivity (Wildman–Crippen MR) is 128 cm³/mol. The van der Waals surface area contributed by atoms with Crippen LogP contribution in [0.25, 0.3) is 32.6 Å². The number of hydrogen-bond acceptors (Lipinski definition) is 8. The van der Waals surface area contributed by atoms with E-state index in [9.17, 15) is 14.9 Å². The number of pyridine rings is 2. The number of nitro benzene ring substituents is 1. The summed E-state index contributed by atoms with van der Waals surface area (Å²) in [6.45, 7) is 2.48. The highest BCUT2D eigenvalue weighted by atomic mass is 35.5. The van der Waals surface area contributed by atoms with Gasteiger partial charge < -0.3 is 25.1 Å². The lowest BCUT2D eigenvalue weighted by molar-refractivity contribution is -0.384. The van der Waals surface area contributed by atoms with Gasteiger partial charge in [-0.2, -0.15) is 0 Å². The van der Waals surface area contributed by atoms with E-state index in [0.717, 1.165) is 16.3 Å². The van der Waals surface area contributed by atoms with Crippen molar-refractivity contribution in [2.45, 2.75) is 13.0 Å². The first-order valence-corrected chi connectivity index (χ1v) is 10.3. The molecule has 0 bridgehead atoms. The zero-order valence-corrected chi connectivity index (χ0v) is 18.4. The van der Waals surface area contributed by atoms with Crippen molar-refractivity contribution >= 4 is 50.7 Å². The number of rotatable bonds is 7. The Labute approximate surface area is 193 Å². The molecule has 1 aliphatic rings. The van der Waals surface area contributed by atoms with E-state index in [1.54, 1.807) is 22.9 Å². The molecule has 0 fully saturated rings. The van der Waals surface area contributed by atoms with Crippen molar-refractivity contribution in [2.24, 2.45) is 5.73 Å². The highest BCUT2D eigenvalue weighted by Gasteiger charge is 2.20. The molecule has 3 N–H and O–H groups in total. The largest absolute Gasteiger partial charge is 0.454 e. The van der Waals surface area contributed by atoms with Gasteiger partial charge in [-0.25, -0.2) is 0 Å². The summed E-state index contributed by atoms with van der Waals surface area (Å²) in [5.41, 5.74) is 6.52. The summed E-state index contributed by atoms with van der Waals surface area (Å²) in [7, 11) is 0. The van der Waals surface area contributed by atoms with Crippen molar-refractivity contribution in [1.29, 1.82) is 0 Å². The number of ether oxygens (including phenoxy) is 2. The summed E-state index contributed by atoms with van der Waals surface area (Å²) in [5, 5.41) is 17.0.